The number of benzene rings is 2. The number of carbonyl (C=O) groups is 3. The molecule has 0 saturated heterocycles. The van der Waals surface area contributed by atoms with E-state index in [0.29, 0.717) is 5.75 Å². The molecule has 7 heteroatoms. The van der Waals surface area contributed by atoms with Crippen molar-refractivity contribution in [3.05, 3.63) is 59.2 Å². The van der Waals surface area contributed by atoms with Crippen LogP contribution in [0.5, 0.6) is 5.75 Å². The highest BCUT2D eigenvalue weighted by Gasteiger charge is 2.19. The maximum absolute atomic E-state index is 12.0. The van der Waals surface area contributed by atoms with Crippen molar-refractivity contribution < 1.29 is 28.6 Å². The number of hydrogen-bond donors (Lipinski definition) is 1. The Kier molecular flexibility index (Phi) is 5.73. The van der Waals surface area contributed by atoms with Gasteiger partial charge < -0.3 is 14.2 Å². The number of methoxy groups -OCH3 is 2. The zero-order valence-electron chi connectivity index (χ0n) is 14.0. The van der Waals surface area contributed by atoms with Gasteiger partial charge in [0.05, 0.1) is 25.3 Å². The molecule has 0 spiro atoms. The Morgan fingerprint density at radius 2 is 1.52 bits per heavy atom. The number of aryl methyl sites for hydroxylation is 1. The summed E-state index contributed by atoms with van der Waals surface area (Å²) in [5.41, 5.74) is 1.08. The van der Waals surface area contributed by atoms with Gasteiger partial charge in [0.2, 0.25) is 0 Å². The van der Waals surface area contributed by atoms with Crippen LogP contribution in [0.15, 0.2) is 42.5 Å². The number of para-hydroxylation sites is 1. The number of esters is 2. The molecular weight excluding hydrogens is 326 g/mol. The predicted octanol–water partition coefficient (Wildman–Crippen LogP) is 3.18. The summed E-state index contributed by atoms with van der Waals surface area (Å²) in [5.74, 6) is -0.995. The fraction of sp³-hybridized carbons (Fsp3) is 0.167. The number of rotatable bonds is 4. The summed E-state index contributed by atoms with van der Waals surface area (Å²) in [6, 6.07) is 11.2. The Labute approximate surface area is 144 Å². The van der Waals surface area contributed by atoms with Gasteiger partial charge in [-0.25, -0.2) is 14.4 Å². The lowest BCUT2D eigenvalue weighted by Gasteiger charge is -2.11. The van der Waals surface area contributed by atoms with Gasteiger partial charge in [0.25, 0.3) is 0 Å². The molecule has 2 rings (SSSR count). The highest BCUT2D eigenvalue weighted by atomic mass is 16.6. The van der Waals surface area contributed by atoms with Crippen molar-refractivity contribution in [2.75, 3.05) is 19.5 Å². The van der Waals surface area contributed by atoms with Crippen LogP contribution in [0.1, 0.15) is 26.3 Å². The van der Waals surface area contributed by atoms with Crippen LogP contribution in [0.3, 0.4) is 0 Å². The molecule has 25 heavy (non-hydrogen) atoms. The van der Waals surface area contributed by atoms with Crippen molar-refractivity contribution in [1.82, 2.24) is 0 Å². The molecule has 1 N–H and O–H groups in total. The molecule has 1 amide bonds. The minimum atomic E-state index is -0.726. The molecule has 0 radical (unpaired) electrons. The largest absolute Gasteiger partial charge is 0.465 e. The van der Waals surface area contributed by atoms with E-state index in [4.69, 9.17) is 4.74 Å². The number of amides is 1. The van der Waals surface area contributed by atoms with Crippen LogP contribution in [-0.2, 0) is 9.47 Å². The third kappa shape index (κ3) is 4.35. The van der Waals surface area contributed by atoms with E-state index in [-0.39, 0.29) is 16.8 Å². The first-order valence-electron chi connectivity index (χ1n) is 7.31. The third-order valence-electron chi connectivity index (χ3n) is 3.37. The quantitative estimate of drug-likeness (QED) is 0.858. The maximum Gasteiger partial charge on any atom is 0.417 e. The lowest BCUT2D eigenvalue weighted by Crippen LogP contribution is -2.18. The van der Waals surface area contributed by atoms with E-state index >= 15 is 0 Å². The Morgan fingerprint density at radius 1 is 0.880 bits per heavy atom. The topological polar surface area (TPSA) is 90.9 Å². The molecule has 0 atom stereocenters. The summed E-state index contributed by atoms with van der Waals surface area (Å²) in [6.07, 6.45) is -0.726. The normalized spacial score (nSPS) is 9.88. The molecule has 0 bridgehead atoms. The molecule has 0 unspecified atom stereocenters. The average molecular weight is 343 g/mol. The van der Waals surface area contributed by atoms with E-state index in [9.17, 15) is 14.4 Å². The van der Waals surface area contributed by atoms with Crippen molar-refractivity contribution in [2.45, 2.75) is 6.92 Å². The van der Waals surface area contributed by atoms with E-state index in [0.717, 1.165) is 5.56 Å². The number of nitrogens with one attached hydrogen (secondary N) is 1. The van der Waals surface area contributed by atoms with E-state index in [1.807, 2.05) is 19.1 Å². The minimum Gasteiger partial charge on any atom is -0.465 e. The van der Waals surface area contributed by atoms with Crippen LogP contribution in [0.4, 0.5) is 10.5 Å². The second-order valence-electron chi connectivity index (χ2n) is 5.02. The van der Waals surface area contributed by atoms with Gasteiger partial charge in [0.1, 0.15) is 5.75 Å². The minimum absolute atomic E-state index is 0.0250. The average Bonchev–Trinajstić information content (AvgIpc) is 2.62. The highest BCUT2D eigenvalue weighted by Crippen LogP contribution is 2.20. The van der Waals surface area contributed by atoms with Gasteiger partial charge in [0, 0.05) is 5.69 Å². The van der Waals surface area contributed by atoms with E-state index in [1.54, 1.807) is 12.1 Å². The molecule has 0 aliphatic heterocycles. The fourth-order valence-corrected chi connectivity index (χ4v) is 2.10. The summed E-state index contributed by atoms with van der Waals surface area (Å²) in [5, 5.41) is 2.50. The molecule has 0 aliphatic carbocycles. The molecule has 7 nitrogen and oxygen atoms in total. The Bertz CT molecular complexity index is 815. The Balaban J connectivity index is 2.22. The highest BCUT2D eigenvalue weighted by molar-refractivity contribution is 6.04. The standard InChI is InChI=1S/C18H17NO6/c1-11-6-4-5-7-15(11)25-18(22)19-12-8-9-13(16(20)23-2)14(10-12)17(21)24-3/h4-10H,1-3H3,(H,19,22). The van der Waals surface area contributed by atoms with Crippen LogP contribution < -0.4 is 10.1 Å². The van der Waals surface area contributed by atoms with Gasteiger partial charge in [-0.05, 0) is 36.8 Å². The predicted molar refractivity (Wildman–Crippen MR) is 89.9 cm³/mol. The van der Waals surface area contributed by atoms with E-state index in [2.05, 4.69) is 14.8 Å². The summed E-state index contributed by atoms with van der Waals surface area (Å²) >= 11 is 0. The van der Waals surface area contributed by atoms with Crippen LogP contribution >= 0.6 is 0 Å². The Hall–Kier alpha value is -3.35. The van der Waals surface area contributed by atoms with Crippen molar-refractivity contribution in [3.63, 3.8) is 0 Å². The number of anilines is 1. The van der Waals surface area contributed by atoms with Gasteiger partial charge in [0.15, 0.2) is 0 Å². The molecule has 130 valence electrons. The van der Waals surface area contributed by atoms with Crippen molar-refractivity contribution in [1.29, 1.82) is 0 Å². The number of hydrogen-bond acceptors (Lipinski definition) is 6. The van der Waals surface area contributed by atoms with Gasteiger partial charge >= 0.3 is 18.0 Å². The maximum atomic E-state index is 12.0. The third-order valence-corrected chi connectivity index (χ3v) is 3.37. The summed E-state index contributed by atoms with van der Waals surface area (Å²) < 4.78 is 14.5. The van der Waals surface area contributed by atoms with E-state index in [1.165, 1.54) is 32.4 Å². The molecule has 0 heterocycles. The van der Waals surface area contributed by atoms with Crippen molar-refractivity contribution in [3.8, 4) is 5.75 Å². The first-order chi connectivity index (χ1) is 12.0. The number of ether oxygens (including phenoxy) is 3. The molecule has 0 aliphatic rings. The zero-order valence-corrected chi connectivity index (χ0v) is 14.0. The number of carbonyl (C=O) groups excluding carboxylic acids is 3. The summed E-state index contributed by atoms with van der Waals surface area (Å²) in [6.45, 7) is 1.81. The fourth-order valence-electron chi connectivity index (χ4n) is 2.10. The molecule has 2 aromatic rings. The molecule has 0 aromatic heterocycles. The van der Waals surface area contributed by atoms with E-state index < -0.39 is 18.0 Å². The van der Waals surface area contributed by atoms with Crippen LogP contribution in [0, 0.1) is 6.92 Å². The van der Waals surface area contributed by atoms with Crippen LogP contribution in [0.25, 0.3) is 0 Å². The van der Waals surface area contributed by atoms with Gasteiger partial charge in [-0.15, -0.1) is 0 Å². The van der Waals surface area contributed by atoms with Gasteiger partial charge in [-0.2, -0.15) is 0 Å². The molecule has 0 fully saturated rings. The van der Waals surface area contributed by atoms with Crippen LogP contribution in [-0.4, -0.2) is 32.3 Å². The molecular formula is C18H17NO6. The SMILES string of the molecule is COC(=O)c1ccc(NC(=O)Oc2ccccc2C)cc1C(=O)OC. The summed E-state index contributed by atoms with van der Waals surface area (Å²) in [4.78, 5) is 35.6. The second-order valence-corrected chi connectivity index (χ2v) is 5.02. The van der Waals surface area contributed by atoms with Gasteiger partial charge in [-0.1, -0.05) is 18.2 Å². The molecule has 2 aromatic carbocycles. The van der Waals surface area contributed by atoms with Crippen molar-refractivity contribution >= 4 is 23.7 Å². The second kappa shape index (κ2) is 7.96. The van der Waals surface area contributed by atoms with Crippen LogP contribution in [0.2, 0.25) is 0 Å². The van der Waals surface area contributed by atoms with Gasteiger partial charge in [-0.3, -0.25) is 5.32 Å². The zero-order chi connectivity index (χ0) is 18.4. The monoisotopic (exact) mass is 343 g/mol. The first-order valence-corrected chi connectivity index (χ1v) is 7.31. The lowest BCUT2D eigenvalue weighted by atomic mass is 10.1. The molecule has 0 saturated carbocycles. The van der Waals surface area contributed by atoms with Crippen molar-refractivity contribution in [2.24, 2.45) is 0 Å². The Morgan fingerprint density at radius 3 is 2.16 bits per heavy atom. The summed E-state index contributed by atoms with van der Waals surface area (Å²) in [7, 11) is 2.39. The smallest absolute Gasteiger partial charge is 0.417 e. The first kappa shape index (κ1) is 18.0. The lowest BCUT2D eigenvalue weighted by molar-refractivity contribution is 0.0555.